The average Bonchev–Trinajstić information content (AvgIpc) is 3.39. The number of aliphatic carboxylic acids is 1. The normalized spacial score (nSPS) is 21.4. The lowest BCUT2D eigenvalue weighted by atomic mass is 9.93. The van der Waals surface area contributed by atoms with E-state index in [9.17, 15) is 14.7 Å². The standard InChI is InChI=1S/C19H19NO5/c1-24-20-17(21)16-11-19(16,18(22)23)14-8-5-9-15(10-14)25-12-13-6-3-2-4-7-13/h2-10,16H,11-12H2,1H3,(H,20,21)(H,22,23)/t16?,19-/m1/s1. The molecule has 6 nitrogen and oxygen atoms in total. The minimum absolute atomic E-state index is 0.236. The Hall–Kier alpha value is -2.86. The number of carbonyl (C=O) groups is 2. The molecular formula is C19H19NO5. The molecule has 0 spiro atoms. The summed E-state index contributed by atoms with van der Waals surface area (Å²) in [6.45, 7) is 0.387. The van der Waals surface area contributed by atoms with Gasteiger partial charge in [-0.2, -0.15) is 0 Å². The maximum absolute atomic E-state index is 12.0. The lowest BCUT2D eigenvalue weighted by Crippen LogP contribution is -2.31. The predicted octanol–water partition coefficient (Wildman–Crippen LogP) is 2.29. The summed E-state index contributed by atoms with van der Waals surface area (Å²) in [6, 6.07) is 16.6. The fraction of sp³-hybridized carbons (Fsp3) is 0.263. The van der Waals surface area contributed by atoms with E-state index < -0.39 is 23.2 Å². The molecule has 2 aromatic carbocycles. The summed E-state index contributed by atoms with van der Waals surface area (Å²) in [5, 5.41) is 9.68. The summed E-state index contributed by atoms with van der Waals surface area (Å²) in [7, 11) is 1.32. The second-order valence-electron chi connectivity index (χ2n) is 6.01. The predicted molar refractivity (Wildman–Crippen MR) is 89.8 cm³/mol. The number of benzene rings is 2. The van der Waals surface area contributed by atoms with Gasteiger partial charge in [-0.1, -0.05) is 42.5 Å². The van der Waals surface area contributed by atoms with E-state index in [1.165, 1.54) is 7.11 Å². The number of amides is 1. The first-order valence-electron chi connectivity index (χ1n) is 7.91. The molecule has 1 saturated carbocycles. The molecule has 1 aliphatic rings. The van der Waals surface area contributed by atoms with Crippen LogP contribution in [0, 0.1) is 5.92 Å². The molecule has 1 unspecified atom stereocenters. The van der Waals surface area contributed by atoms with Crippen LogP contribution < -0.4 is 10.2 Å². The van der Waals surface area contributed by atoms with E-state index in [-0.39, 0.29) is 6.42 Å². The molecule has 1 aliphatic carbocycles. The van der Waals surface area contributed by atoms with Crippen molar-refractivity contribution in [1.82, 2.24) is 5.48 Å². The first-order chi connectivity index (χ1) is 12.1. The van der Waals surface area contributed by atoms with Crippen LogP contribution in [0.25, 0.3) is 0 Å². The van der Waals surface area contributed by atoms with Gasteiger partial charge in [0, 0.05) is 0 Å². The quantitative estimate of drug-likeness (QED) is 0.755. The molecule has 1 amide bonds. The molecule has 0 aliphatic heterocycles. The largest absolute Gasteiger partial charge is 0.489 e. The SMILES string of the molecule is CONC(=O)C1C[C@@]1(C(=O)O)c1cccc(OCc2ccccc2)c1. The molecule has 3 rings (SSSR count). The van der Waals surface area contributed by atoms with E-state index in [0.717, 1.165) is 5.56 Å². The third-order valence-electron chi connectivity index (χ3n) is 4.46. The summed E-state index contributed by atoms with van der Waals surface area (Å²) in [4.78, 5) is 28.4. The van der Waals surface area contributed by atoms with Gasteiger partial charge in [0.25, 0.3) is 0 Å². The van der Waals surface area contributed by atoms with E-state index in [0.29, 0.717) is 17.9 Å². The number of rotatable bonds is 7. The lowest BCUT2D eigenvalue weighted by Gasteiger charge is -2.14. The lowest BCUT2D eigenvalue weighted by molar-refractivity contribution is -0.143. The second kappa shape index (κ2) is 6.94. The van der Waals surface area contributed by atoms with E-state index in [2.05, 4.69) is 10.3 Å². The zero-order valence-corrected chi connectivity index (χ0v) is 13.8. The van der Waals surface area contributed by atoms with E-state index in [4.69, 9.17) is 4.74 Å². The highest BCUT2D eigenvalue weighted by molar-refractivity contribution is 5.97. The fourth-order valence-corrected chi connectivity index (χ4v) is 3.03. The van der Waals surface area contributed by atoms with Crippen molar-refractivity contribution in [3.05, 3.63) is 65.7 Å². The number of nitrogens with one attached hydrogen (secondary N) is 1. The van der Waals surface area contributed by atoms with Crippen molar-refractivity contribution in [2.75, 3.05) is 7.11 Å². The van der Waals surface area contributed by atoms with Crippen molar-refractivity contribution in [3.8, 4) is 5.75 Å². The molecule has 0 heterocycles. The Morgan fingerprint density at radius 2 is 1.96 bits per heavy atom. The van der Waals surface area contributed by atoms with Crippen LogP contribution in [0.4, 0.5) is 0 Å². The number of hydroxylamine groups is 1. The van der Waals surface area contributed by atoms with Gasteiger partial charge < -0.3 is 9.84 Å². The Labute approximate surface area is 145 Å². The van der Waals surface area contributed by atoms with Gasteiger partial charge in [0.2, 0.25) is 5.91 Å². The summed E-state index contributed by atoms with van der Waals surface area (Å²) in [5.74, 6) is -1.54. The molecule has 130 valence electrons. The second-order valence-corrected chi connectivity index (χ2v) is 6.01. The molecule has 0 aromatic heterocycles. The Morgan fingerprint density at radius 1 is 1.20 bits per heavy atom. The Balaban J connectivity index is 1.78. The molecule has 0 saturated heterocycles. The molecule has 2 N–H and O–H groups in total. The van der Waals surface area contributed by atoms with E-state index in [1.54, 1.807) is 24.3 Å². The number of carbonyl (C=O) groups excluding carboxylic acids is 1. The van der Waals surface area contributed by atoms with Gasteiger partial charge in [-0.3, -0.25) is 14.4 Å². The van der Waals surface area contributed by atoms with Crippen LogP contribution in [-0.2, 0) is 26.4 Å². The maximum atomic E-state index is 12.0. The van der Waals surface area contributed by atoms with Gasteiger partial charge in [0.15, 0.2) is 0 Å². The number of carboxylic acids is 1. The topological polar surface area (TPSA) is 84.9 Å². The van der Waals surface area contributed by atoms with Gasteiger partial charge in [-0.25, -0.2) is 5.48 Å². The monoisotopic (exact) mass is 341 g/mol. The van der Waals surface area contributed by atoms with Gasteiger partial charge in [-0.15, -0.1) is 0 Å². The number of carboxylic acid groups (broad SMARTS) is 1. The minimum atomic E-state index is -1.23. The van der Waals surface area contributed by atoms with Crippen LogP contribution in [0.5, 0.6) is 5.75 Å². The summed E-state index contributed by atoms with van der Waals surface area (Å²) < 4.78 is 5.76. The van der Waals surface area contributed by atoms with Gasteiger partial charge in [0.1, 0.15) is 17.8 Å². The maximum Gasteiger partial charge on any atom is 0.314 e. The molecule has 2 aromatic rings. The van der Waals surface area contributed by atoms with Crippen LogP contribution in [0.2, 0.25) is 0 Å². The molecule has 0 bridgehead atoms. The van der Waals surface area contributed by atoms with Crippen LogP contribution in [-0.4, -0.2) is 24.1 Å². The summed E-state index contributed by atoms with van der Waals surface area (Å²) >= 11 is 0. The fourth-order valence-electron chi connectivity index (χ4n) is 3.03. The number of hydrogen-bond donors (Lipinski definition) is 2. The smallest absolute Gasteiger partial charge is 0.314 e. The molecule has 2 atom stereocenters. The summed E-state index contributed by atoms with van der Waals surface area (Å²) in [5.41, 5.74) is 2.56. The highest BCUT2D eigenvalue weighted by atomic mass is 16.6. The van der Waals surface area contributed by atoms with Crippen molar-refractivity contribution >= 4 is 11.9 Å². The number of hydrogen-bond acceptors (Lipinski definition) is 4. The van der Waals surface area contributed by atoms with Crippen LogP contribution in [0.15, 0.2) is 54.6 Å². The third kappa shape index (κ3) is 3.34. The average molecular weight is 341 g/mol. The number of ether oxygens (including phenoxy) is 1. The van der Waals surface area contributed by atoms with Crippen LogP contribution in [0.1, 0.15) is 17.5 Å². The first kappa shape index (κ1) is 17.0. The van der Waals surface area contributed by atoms with Crippen molar-refractivity contribution in [3.63, 3.8) is 0 Å². The minimum Gasteiger partial charge on any atom is -0.489 e. The molecule has 0 radical (unpaired) electrons. The van der Waals surface area contributed by atoms with E-state index >= 15 is 0 Å². The van der Waals surface area contributed by atoms with Crippen LogP contribution >= 0.6 is 0 Å². The highest BCUT2D eigenvalue weighted by Crippen LogP contribution is 2.55. The zero-order chi connectivity index (χ0) is 17.9. The Morgan fingerprint density at radius 3 is 2.64 bits per heavy atom. The molecule has 25 heavy (non-hydrogen) atoms. The van der Waals surface area contributed by atoms with Crippen molar-refractivity contribution in [2.24, 2.45) is 5.92 Å². The van der Waals surface area contributed by atoms with Gasteiger partial charge in [-0.05, 0) is 29.7 Å². The third-order valence-corrected chi connectivity index (χ3v) is 4.46. The zero-order valence-electron chi connectivity index (χ0n) is 13.8. The van der Waals surface area contributed by atoms with Gasteiger partial charge >= 0.3 is 5.97 Å². The highest BCUT2D eigenvalue weighted by Gasteiger charge is 2.65. The first-order valence-corrected chi connectivity index (χ1v) is 7.91. The Bertz CT molecular complexity index is 776. The summed E-state index contributed by atoms with van der Waals surface area (Å²) in [6.07, 6.45) is 0.236. The molecule has 6 heteroatoms. The molecular weight excluding hydrogens is 322 g/mol. The van der Waals surface area contributed by atoms with Crippen molar-refractivity contribution in [1.29, 1.82) is 0 Å². The van der Waals surface area contributed by atoms with Crippen molar-refractivity contribution in [2.45, 2.75) is 18.4 Å². The Kier molecular flexibility index (Phi) is 4.72. The van der Waals surface area contributed by atoms with Crippen LogP contribution in [0.3, 0.4) is 0 Å². The van der Waals surface area contributed by atoms with E-state index in [1.807, 2.05) is 30.3 Å². The van der Waals surface area contributed by atoms with Crippen molar-refractivity contribution < 1.29 is 24.3 Å². The molecule has 1 fully saturated rings. The van der Waals surface area contributed by atoms with Gasteiger partial charge in [0.05, 0.1) is 13.0 Å².